The van der Waals surface area contributed by atoms with Crippen LogP contribution in [0.15, 0.2) is 73.4 Å². The average molecular weight is 496 g/mol. The molecule has 0 fully saturated rings. The molecule has 0 aliphatic carbocycles. The minimum atomic E-state index is -4.68. The van der Waals surface area contributed by atoms with Crippen LogP contribution in [0.3, 0.4) is 0 Å². The number of aromatic nitrogens is 4. The van der Waals surface area contributed by atoms with E-state index in [-0.39, 0.29) is 17.2 Å². The van der Waals surface area contributed by atoms with Gasteiger partial charge < -0.3 is 11.1 Å². The normalized spacial score (nSPS) is 11.7. The van der Waals surface area contributed by atoms with Crippen molar-refractivity contribution in [1.82, 2.24) is 19.7 Å². The zero-order valence-corrected chi connectivity index (χ0v) is 18.7. The first-order valence-corrected chi connectivity index (χ1v) is 11.0. The van der Waals surface area contributed by atoms with Crippen LogP contribution in [0.5, 0.6) is 0 Å². The van der Waals surface area contributed by atoms with Gasteiger partial charge in [0.1, 0.15) is 11.6 Å². The minimum absolute atomic E-state index is 0.109. The fourth-order valence-corrected chi connectivity index (χ4v) is 4.17. The molecule has 0 radical (unpaired) electrons. The molecule has 0 bridgehead atoms. The molecular weight excluding hydrogens is 480 g/mol. The average Bonchev–Trinajstić information content (AvgIpc) is 3.45. The lowest BCUT2D eigenvalue weighted by atomic mass is 10.1. The fraction of sp³-hybridized carbons (Fsp3) is 0.0417. The first-order chi connectivity index (χ1) is 16.7. The summed E-state index contributed by atoms with van der Waals surface area (Å²) >= 11 is 1.31. The molecule has 3 N–H and O–H groups in total. The van der Waals surface area contributed by atoms with Crippen molar-refractivity contribution in [2.75, 3.05) is 11.1 Å². The van der Waals surface area contributed by atoms with Crippen molar-refractivity contribution in [2.24, 2.45) is 0 Å². The Morgan fingerprint density at radius 2 is 1.80 bits per heavy atom. The molecule has 3 heterocycles. The van der Waals surface area contributed by atoms with Gasteiger partial charge in [0.25, 0.3) is 0 Å². The highest BCUT2D eigenvalue weighted by Crippen LogP contribution is 2.34. The number of para-hydroxylation sites is 1. The molecule has 2 aromatic carbocycles. The summed E-state index contributed by atoms with van der Waals surface area (Å²) in [5.74, 6) is -0.938. The predicted molar refractivity (Wildman–Crippen MR) is 128 cm³/mol. The summed E-state index contributed by atoms with van der Waals surface area (Å²) in [6.07, 6.45) is -3.13. The quantitative estimate of drug-likeness (QED) is 0.277. The number of benzene rings is 2. The van der Waals surface area contributed by atoms with Crippen LogP contribution in [0, 0.1) is 5.82 Å². The molecule has 0 aliphatic rings. The number of nitrogens with two attached hydrogens (primary N) is 1. The van der Waals surface area contributed by atoms with Crippen molar-refractivity contribution < 1.29 is 17.6 Å². The molecule has 176 valence electrons. The van der Waals surface area contributed by atoms with Gasteiger partial charge in [-0.15, -0.1) is 11.3 Å². The minimum Gasteiger partial charge on any atom is -0.391 e. The van der Waals surface area contributed by atoms with Crippen LogP contribution in [0.2, 0.25) is 0 Å². The highest BCUT2D eigenvalue weighted by Gasteiger charge is 2.31. The van der Waals surface area contributed by atoms with E-state index in [1.165, 1.54) is 11.3 Å². The lowest BCUT2D eigenvalue weighted by Gasteiger charge is -2.12. The number of nitrogens with zero attached hydrogens (tertiary/aromatic N) is 4. The van der Waals surface area contributed by atoms with E-state index < -0.39 is 17.6 Å². The second kappa shape index (κ2) is 8.51. The van der Waals surface area contributed by atoms with E-state index in [2.05, 4.69) is 27.0 Å². The van der Waals surface area contributed by atoms with Gasteiger partial charge in [-0.2, -0.15) is 18.3 Å². The molecule has 0 unspecified atom stereocenters. The third-order valence-electron chi connectivity index (χ3n) is 5.16. The Kier molecular flexibility index (Phi) is 5.48. The molecule has 5 aromatic rings. The number of thiophene rings is 1. The van der Waals surface area contributed by atoms with E-state index in [0.717, 1.165) is 17.0 Å². The van der Waals surface area contributed by atoms with Gasteiger partial charge in [-0.3, -0.25) is 0 Å². The van der Waals surface area contributed by atoms with Gasteiger partial charge in [0, 0.05) is 5.70 Å². The molecule has 0 atom stereocenters. The number of nitrogens with one attached hydrogen (secondary N) is 1. The second-order valence-electron chi connectivity index (χ2n) is 7.52. The Bertz CT molecular complexity index is 1560. The van der Waals surface area contributed by atoms with E-state index in [4.69, 9.17) is 5.73 Å². The van der Waals surface area contributed by atoms with Crippen molar-refractivity contribution in [1.29, 1.82) is 0 Å². The molecule has 5 rings (SSSR count). The van der Waals surface area contributed by atoms with Crippen LogP contribution in [0.1, 0.15) is 10.4 Å². The highest BCUT2D eigenvalue weighted by atomic mass is 32.1. The van der Waals surface area contributed by atoms with Gasteiger partial charge in [-0.05, 0) is 42.5 Å². The molecule has 6 nitrogen and oxygen atoms in total. The Morgan fingerprint density at radius 3 is 2.46 bits per heavy atom. The number of alkyl halides is 3. The lowest BCUT2D eigenvalue weighted by Crippen LogP contribution is -2.07. The van der Waals surface area contributed by atoms with Gasteiger partial charge in [0.05, 0.1) is 38.3 Å². The SMILES string of the molecule is C=C(Nc1nc(-c2ccc(C(F)(F)F)cc2F)nc2c1cnn2-c1ccccc1)c1ccc(N)s1. The molecule has 0 spiro atoms. The van der Waals surface area contributed by atoms with E-state index >= 15 is 0 Å². The lowest BCUT2D eigenvalue weighted by molar-refractivity contribution is -0.137. The van der Waals surface area contributed by atoms with Crippen LogP contribution in [-0.2, 0) is 6.18 Å². The van der Waals surface area contributed by atoms with Gasteiger partial charge in [0.2, 0.25) is 0 Å². The third kappa shape index (κ3) is 4.33. The summed E-state index contributed by atoms with van der Waals surface area (Å²) in [5, 5.41) is 8.60. The standard InChI is InChI=1S/C24H16F4N6S/c1-13(19-9-10-20(29)35-19)31-22-17-12-30-34(15-5-3-2-4-6-15)23(17)33-21(32-22)16-8-7-14(11-18(16)25)24(26,27)28/h2-12H,1,29H2,(H,31,32,33). The predicted octanol–water partition coefficient (Wildman–Crippen LogP) is 6.37. The molecule has 3 aromatic heterocycles. The van der Waals surface area contributed by atoms with Crippen molar-refractivity contribution in [3.63, 3.8) is 0 Å². The van der Waals surface area contributed by atoms with Crippen molar-refractivity contribution in [3.8, 4) is 17.1 Å². The second-order valence-corrected chi connectivity index (χ2v) is 8.64. The summed E-state index contributed by atoms with van der Waals surface area (Å²) < 4.78 is 55.5. The molecule has 0 amide bonds. The first kappa shape index (κ1) is 22.5. The van der Waals surface area contributed by atoms with Crippen LogP contribution in [0.4, 0.5) is 28.4 Å². The molecule has 0 aliphatic heterocycles. The maximum absolute atomic E-state index is 14.8. The smallest absolute Gasteiger partial charge is 0.391 e. The van der Waals surface area contributed by atoms with Crippen LogP contribution in [0.25, 0.3) is 33.8 Å². The summed E-state index contributed by atoms with van der Waals surface area (Å²) in [4.78, 5) is 9.64. The van der Waals surface area contributed by atoms with Crippen molar-refractivity contribution >= 4 is 38.9 Å². The Hall–Kier alpha value is -4.25. The Labute approximate surface area is 200 Å². The van der Waals surface area contributed by atoms with Crippen LogP contribution in [-0.4, -0.2) is 19.7 Å². The van der Waals surface area contributed by atoms with Crippen LogP contribution >= 0.6 is 11.3 Å². The number of rotatable bonds is 5. The number of hydrogen-bond acceptors (Lipinski definition) is 6. The summed E-state index contributed by atoms with van der Waals surface area (Å²) in [5.41, 5.74) is 6.04. The van der Waals surface area contributed by atoms with E-state index in [9.17, 15) is 17.6 Å². The number of nitrogen functional groups attached to an aromatic ring is 1. The van der Waals surface area contributed by atoms with Gasteiger partial charge >= 0.3 is 6.18 Å². The molecule has 0 saturated carbocycles. The topological polar surface area (TPSA) is 81.7 Å². The molecular formula is C24H16F4N6S. The zero-order valence-electron chi connectivity index (χ0n) is 17.8. The number of halogens is 4. The monoisotopic (exact) mass is 496 g/mol. The largest absolute Gasteiger partial charge is 0.416 e. The Balaban J connectivity index is 1.67. The fourth-order valence-electron chi connectivity index (χ4n) is 3.47. The van der Waals surface area contributed by atoms with E-state index in [1.54, 1.807) is 23.0 Å². The third-order valence-corrected chi connectivity index (χ3v) is 6.13. The number of anilines is 2. The highest BCUT2D eigenvalue weighted by molar-refractivity contribution is 7.16. The summed E-state index contributed by atoms with van der Waals surface area (Å²) in [6.45, 7) is 4.02. The van der Waals surface area contributed by atoms with E-state index in [1.807, 2.05) is 30.3 Å². The number of hydrogen-bond donors (Lipinski definition) is 2. The van der Waals surface area contributed by atoms with Crippen molar-refractivity contribution in [2.45, 2.75) is 6.18 Å². The maximum Gasteiger partial charge on any atom is 0.416 e. The van der Waals surface area contributed by atoms with Gasteiger partial charge in [-0.25, -0.2) is 19.0 Å². The Morgan fingerprint density at radius 1 is 1.03 bits per heavy atom. The van der Waals surface area contributed by atoms with Crippen LogP contribution < -0.4 is 11.1 Å². The molecule has 0 saturated heterocycles. The number of fused-ring (bicyclic) bond motifs is 1. The maximum atomic E-state index is 14.8. The molecule has 35 heavy (non-hydrogen) atoms. The van der Waals surface area contributed by atoms with Crippen molar-refractivity contribution in [3.05, 3.63) is 89.7 Å². The van der Waals surface area contributed by atoms with Gasteiger partial charge in [0.15, 0.2) is 11.5 Å². The van der Waals surface area contributed by atoms with E-state index in [0.29, 0.717) is 33.5 Å². The zero-order chi connectivity index (χ0) is 24.7. The summed E-state index contributed by atoms with van der Waals surface area (Å²) in [7, 11) is 0. The summed E-state index contributed by atoms with van der Waals surface area (Å²) in [6, 6.07) is 14.9. The first-order valence-electron chi connectivity index (χ1n) is 10.2. The van der Waals surface area contributed by atoms with Gasteiger partial charge in [-0.1, -0.05) is 24.8 Å². The molecule has 11 heteroatoms.